The molecule has 1 N–H and O–H groups in total. The molecule has 4 heteroatoms. The van der Waals surface area contributed by atoms with Crippen LogP contribution in [-0.4, -0.2) is 18.6 Å². The fraction of sp³-hybridized carbons (Fsp3) is 0.222. The normalized spacial score (nSPS) is 9.15. The summed E-state index contributed by atoms with van der Waals surface area (Å²) in [6, 6.07) is 1.02. The number of pyridine rings is 1. The lowest BCUT2D eigenvalue weighted by Crippen LogP contribution is -2.04. The van der Waals surface area contributed by atoms with E-state index in [4.69, 9.17) is 0 Å². The first kappa shape index (κ1) is 9.62. The van der Waals surface area contributed by atoms with Crippen molar-refractivity contribution in [3.8, 4) is 11.8 Å². The molecule has 0 amide bonds. The Balaban J connectivity index is 2.81. The van der Waals surface area contributed by atoms with E-state index in [1.54, 1.807) is 7.05 Å². The number of halogens is 2. The van der Waals surface area contributed by atoms with E-state index in [0.29, 0.717) is 12.1 Å². The Bertz CT molecular complexity index is 352. The van der Waals surface area contributed by atoms with Crippen LogP contribution >= 0.6 is 0 Å². The molecule has 1 aromatic rings. The highest BCUT2D eigenvalue weighted by atomic mass is 19.2. The van der Waals surface area contributed by atoms with Crippen molar-refractivity contribution in [2.45, 2.75) is 0 Å². The summed E-state index contributed by atoms with van der Waals surface area (Å²) in [6.45, 7) is 0.499. The molecule has 0 saturated carbocycles. The lowest BCUT2D eigenvalue weighted by atomic mass is 10.3. The van der Waals surface area contributed by atoms with Crippen LogP contribution < -0.4 is 5.32 Å². The van der Waals surface area contributed by atoms with Crippen molar-refractivity contribution in [1.29, 1.82) is 0 Å². The molecule has 0 aliphatic rings. The van der Waals surface area contributed by atoms with Gasteiger partial charge in [-0.25, -0.2) is 9.37 Å². The number of nitrogens with zero attached hydrogens (tertiary/aromatic N) is 1. The fourth-order valence-corrected chi connectivity index (χ4v) is 0.724. The van der Waals surface area contributed by atoms with Crippen LogP contribution in [0.4, 0.5) is 8.78 Å². The maximum atomic E-state index is 12.6. The molecule has 0 spiro atoms. The molecule has 13 heavy (non-hydrogen) atoms. The topological polar surface area (TPSA) is 24.9 Å². The number of hydrogen-bond acceptors (Lipinski definition) is 2. The largest absolute Gasteiger partial charge is 0.309 e. The third kappa shape index (κ3) is 2.80. The van der Waals surface area contributed by atoms with Crippen LogP contribution in [0.5, 0.6) is 0 Å². The van der Waals surface area contributed by atoms with Crippen LogP contribution in [0.15, 0.2) is 12.3 Å². The first-order valence-corrected chi connectivity index (χ1v) is 3.68. The van der Waals surface area contributed by atoms with Gasteiger partial charge in [-0.1, -0.05) is 11.8 Å². The van der Waals surface area contributed by atoms with E-state index in [1.165, 1.54) is 6.20 Å². The summed E-state index contributed by atoms with van der Waals surface area (Å²) >= 11 is 0. The molecule has 0 atom stereocenters. The van der Waals surface area contributed by atoms with Crippen LogP contribution in [-0.2, 0) is 0 Å². The van der Waals surface area contributed by atoms with Gasteiger partial charge in [0.25, 0.3) is 0 Å². The Hall–Kier alpha value is -1.47. The van der Waals surface area contributed by atoms with Gasteiger partial charge in [0, 0.05) is 11.8 Å². The summed E-state index contributed by atoms with van der Waals surface area (Å²) < 4.78 is 24.9. The van der Waals surface area contributed by atoms with Gasteiger partial charge in [-0.15, -0.1) is 0 Å². The van der Waals surface area contributed by atoms with Crippen molar-refractivity contribution in [1.82, 2.24) is 10.3 Å². The molecule has 1 heterocycles. The Morgan fingerprint density at radius 1 is 1.54 bits per heavy atom. The van der Waals surface area contributed by atoms with Gasteiger partial charge in [-0.05, 0) is 13.1 Å². The predicted octanol–water partition coefficient (Wildman–Crippen LogP) is 0.931. The summed E-state index contributed by atoms with van der Waals surface area (Å²) in [5, 5.41) is 2.80. The molecular formula is C9H8F2N2. The van der Waals surface area contributed by atoms with E-state index >= 15 is 0 Å². The number of aromatic nitrogens is 1. The first-order chi connectivity index (χ1) is 6.24. The van der Waals surface area contributed by atoms with E-state index in [0.717, 1.165) is 6.07 Å². The van der Waals surface area contributed by atoms with Gasteiger partial charge in [0.05, 0.1) is 6.54 Å². The molecule has 0 saturated heterocycles. The summed E-state index contributed by atoms with van der Waals surface area (Å²) in [7, 11) is 1.75. The Kier molecular flexibility index (Phi) is 3.35. The smallest absolute Gasteiger partial charge is 0.248 e. The van der Waals surface area contributed by atoms with E-state index in [2.05, 4.69) is 22.1 Å². The molecular weight excluding hydrogens is 174 g/mol. The van der Waals surface area contributed by atoms with Gasteiger partial charge >= 0.3 is 0 Å². The number of nitrogens with one attached hydrogen (secondary N) is 1. The highest BCUT2D eigenvalue weighted by Gasteiger charge is 2.01. The lowest BCUT2D eigenvalue weighted by molar-refractivity contribution is 0.479. The molecule has 2 nitrogen and oxygen atoms in total. The standard InChI is InChI=1S/C9H8F2N2/c1-12-4-2-3-7-5-8(10)9(11)13-6-7/h5-6,12H,4H2,1H3. The van der Waals surface area contributed by atoms with Gasteiger partial charge in [-0.2, -0.15) is 4.39 Å². The highest BCUT2D eigenvalue weighted by Crippen LogP contribution is 2.03. The van der Waals surface area contributed by atoms with E-state index in [-0.39, 0.29) is 0 Å². The van der Waals surface area contributed by atoms with Crippen molar-refractivity contribution in [2.75, 3.05) is 13.6 Å². The lowest BCUT2D eigenvalue weighted by Gasteiger charge is -1.91. The predicted molar refractivity (Wildman–Crippen MR) is 45.0 cm³/mol. The molecule has 68 valence electrons. The van der Waals surface area contributed by atoms with Crippen LogP contribution in [0.1, 0.15) is 5.56 Å². The van der Waals surface area contributed by atoms with Crippen LogP contribution in [0, 0.1) is 23.6 Å². The Labute approximate surface area is 75.0 Å². The Morgan fingerprint density at radius 3 is 2.92 bits per heavy atom. The van der Waals surface area contributed by atoms with Gasteiger partial charge in [0.15, 0.2) is 5.82 Å². The second-order valence-electron chi connectivity index (χ2n) is 2.33. The molecule has 0 bridgehead atoms. The zero-order valence-electron chi connectivity index (χ0n) is 7.06. The van der Waals surface area contributed by atoms with Crippen molar-refractivity contribution in [2.24, 2.45) is 0 Å². The van der Waals surface area contributed by atoms with E-state index < -0.39 is 11.8 Å². The quantitative estimate of drug-likeness (QED) is 0.516. The van der Waals surface area contributed by atoms with Crippen LogP contribution in [0.25, 0.3) is 0 Å². The summed E-state index contributed by atoms with van der Waals surface area (Å²) in [6.07, 6.45) is 1.20. The maximum absolute atomic E-state index is 12.6. The van der Waals surface area contributed by atoms with Crippen LogP contribution in [0.3, 0.4) is 0 Å². The van der Waals surface area contributed by atoms with Crippen molar-refractivity contribution in [3.05, 3.63) is 29.6 Å². The van der Waals surface area contributed by atoms with Crippen molar-refractivity contribution >= 4 is 0 Å². The van der Waals surface area contributed by atoms with Crippen molar-refractivity contribution in [3.63, 3.8) is 0 Å². The molecule has 0 aliphatic heterocycles. The minimum Gasteiger partial charge on any atom is -0.309 e. The molecule has 0 radical (unpaired) electrons. The van der Waals surface area contributed by atoms with Crippen molar-refractivity contribution < 1.29 is 8.78 Å². The minimum absolute atomic E-state index is 0.370. The second kappa shape index (κ2) is 4.53. The molecule has 1 rings (SSSR count). The molecule has 0 aliphatic carbocycles. The summed E-state index contributed by atoms with van der Waals surface area (Å²) in [5.74, 6) is 3.27. The van der Waals surface area contributed by atoms with Gasteiger partial charge in [-0.3, -0.25) is 0 Å². The van der Waals surface area contributed by atoms with Crippen LogP contribution in [0.2, 0.25) is 0 Å². The third-order valence-electron chi connectivity index (χ3n) is 1.29. The Morgan fingerprint density at radius 2 is 2.31 bits per heavy atom. The third-order valence-corrected chi connectivity index (χ3v) is 1.29. The summed E-state index contributed by atoms with van der Waals surface area (Å²) in [4.78, 5) is 3.19. The monoisotopic (exact) mass is 182 g/mol. The molecule has 0 aromatic carbocycles. The average Bonchev–Trinajstić information content (AvgIpc) is 2.12. The van der Waals surface area contributed by atoms with E-state index in [9.17, 15) is 8.78 Å². The van der Waals surface area contributed by atoms with Gasteiger partial charge < -0.3 is 5.32 Å². The maximum Gasteiger partial charge on any atom is 0.248 e. The second-order valence-corrected chi connectivity index (χ2v) is 2.33. The van der Waals surface area contributed by atoms with E-state index in [1.807, 2.05) is 0 Å². The fourth-order valence-electron chi connectivity index (χ4n) is 0.724. The van der Waals surface area contributed by atoms with Gasteiger partial charge in [0.1, 0.15) is 0 Å². The molecule has 0 fully saturated rings. The van der Waals surface area contributed by atoms with Gasteiger partial charge in [0.2, 0.25) is 5.95 Å². The number of hydrogen-bond donors (Lipinski definition) is 1. The molecule has 0 unspecified atom stereocenters. The summed E-state index contributed by atoms with van der Waals surface area (Å²) in [5.41, 5.74) is 0.370. The molecule has 1 aromatic heterocycles. The average molecular weight is 182 g/mol. The zero-order valence-corrected chi connectivity index (χ0v) is 7.06. The SMILES string of the molecule is CNCC#Cc1cnc(F)c(F)c1. The first-order valence-electron chi connectivity index (χ1n) is 3.68. The number of rotatable bonds is 1. The zero-order chi connectivity index (χ0) is 9.68. The minimum atomic E-state index is -1.10. The highest BCUT2D eigenvalue weighted by molar-refractivity contribution is 5.32.